The van der Waals surface area contributed by atoms with Crippen molar-refractivity contribution in [3.63, 3.8) is 0 Å². The highest BCUT2D eigenvalue weighted by Gasteiger charge is 2.01. The largest absolute Gasteiger partial charge is 0.494 e. The molecule has 106 valence electrons. The maximum atomic E-state index is 11.2. The first-order valence-electron chi connectivity index (χ1n) is 6.44. The molecule has 0 fully saturated rings. The normalized spacial score (nSPS) is 10.5. The Morgan fingerprint density at radius 3 is 2.84 bits per heavy atom. The van der Waals surface area contributed by atoms with Crippen molar-refractivity contribution in [2.75, 3.05) is 27.7 Å². The van der Waals surface area contributed by atoms with E-state index < -0.39 is 0 Å². The van der Waals surface area contributed by atoms with Gasteiger partial charge in [-0.25, -0.2) is 5.43 Å². The van der Waals surface area contributed by atoms with Crippen LogP contribution < -0.4 is 15.6 Å². The van der Waals surface area contributed by atoms with E-state index in [2.05, 4.69) is 21.8 Å². The van der Waals surface area contributed by atoms with Gasteiger partial charge in [0.05, 0.1) is 6.61 Å². The van der Waals surface area contributed by atoms with Crippen molar-refractivity contribution in [3.05, 3.63) is 29.8 Å². The van der Waals surface area contributed by atoms with Crippen LogP contribution in [0.1, 0.15) is 18.4 Å². The Labute approximate surface area is 114 Å². The number of rotatable bonds is 8. The predicted octanol–water partition coefficient (Wildman–Crippen LogP) is 1.16. The van der Waals surface area contributed by atoms with Crippen LogP contribution in [-0.4, -0.2) is 38.6 Å². The fourth-order valence-electron chi connectivity index (χ4n) is 1.72. The molecule has 0 heterocycles. The molecule has 5 heteroatoms. The van der Waals surface area contributed by atoms with Gasteiger partial charge in [-0.3, -0.25) is 10.2 Å². The summed E-state index contributed by atoms with van der Waals surface area (Å²) in [5.74, 6) is 0.834. The Hall–Kier alpha value is -1.59. The number of carbonyl (C=O) groups is 1. The fourth-order valence-corrected chi connectivity index (χ4v) is 1.72. The third-order valence-electron chi connectivity index (χ3n) is 2.48. The van der Waals surface area contributed by atoms with Crippen molar-refractivity contribution in [1.29, 1.82) is 0 Å². The zero-order valence-corrected chi connectivity index (χ0v) is 11.9. The Balaban J connectivity index is 2.31. The van der Waals surface area contributed by atoms with Gasteiger partial charge >= 0.3 is 0 Å². The summed E-state index contributed by atoms with van der Waals surface area (Å²) in [5.41, 5.74) is 6.35. The molecule has 0 saturated carbocycles. The Morgan fingerprint density at radius 2 is 2.16 bits per heavy atom. The molecule has 19 heavy (non-hydrogen) atoms. The van der Waals surface area contributed by atoms with Gasteiger partial charge in [0.1, 0.15) is 5.75 Å². The summed E-state index contributed by atoms with van der Waals surface area (Å²) in [6, 6.07) is 8.04. The number of ether oxygens (including phenoxy) is 1. The minimum absolute atomic E-state index is 0.0209. The number of amides is 1. The molecular weight excluding hydrogens is 242 g/mol. The van der Waals surface area contributed by atoms with Gasteiger partial charge in [0.25, 0.3) is 0 Å². The van der Waals surface area contributed by atoms with Gasteiger partial charge in [0.15, 0.2) is 0 Å². The van der Waals surface area contributed by atoms with Crippen molar-refractivity contribution in [2.45, 2.75) is 19.4 Å². The minimum atomic E-state index is -0.0209. The highest BCUT2D eigenvalue weighted by atomic mass is 16.5. The third-order valence-corrected chi connectivity index (χ3v) is 2.48. The first-order chi connectivity index (χ1) is 9.11. The quantitative estimate of drug-likeness (QED) is 0.547. The lowest BCUT2D eigenvalue weighted by Crippen LogP contribution is -2.34. The molecule has 0 spiro atoms. The molecule has 0 aliphatic rings. The van der Waals surface area contributed by atoms with Gasteiger partial charge in [-0.15, -0.1) is 0 Å². The molecule has 0 saturated heterocycles. The van der Waals surface area contributed by atoms with Gasteiger partial charge in [-0.1, -0.05) is 12.1 Å². The second-order valence-corrected chi connectivity index (χ2v) is 4.64. The van der Waals surface area contributed by atoms with E-state index >= 15 is 0 Å². The van der Waals surface area contributed by atoms with Crippen molar-refractivity contribution in [3.8, 4) is 5.75 Å². The van der Waals surface area contributed by atoms with E-state index in [4.69, 9.17) is 4.74 Å². The number of nitrogens with zero attached hydrogens (tertiary/aromatic N) is 1. The Bertz CT molecular complexity index is 394. The monoisotopic (exact) mass is 265 g/mol. The first kappa shape index (κ1) is 15.5. The second-order valence-electron chi connectivity index (χ2n) is 4.64. The zero-order chi connectivity index (χ0) is 14.1. The molecule has 0 unspecified atom stereocenters. The van der Waals surface area contributed by atoms with Crippen LogP contribution in [0.5, 0.6) is 5.75 Å². The van der Waals surface area contributed by atoms with E-state index in [1.807, 2.05) is 32.3 Å². The molecule has 5 nitrogen and oxygen atoms in total. The molecule has 1 amide bonds. The van der Waals surface area contributed by atoms with Gasteiger partial charge in [-0.05, 0) is 38.2 Å². The van der Waals surface area contributed by atoms with Gasteiger partial charge < -0.3 is 9.64 Å². The molecule has 1 rings (SSSR count). The summed E-state index contributed by atoms with van der Waals surface area (Å²) in [7, 11) is 5.74. The predicted molar refractivity (Wildman–Crippen MR) is 75.8 cm³/mol. The third kappa shape index (κ3) is 6.79. The van der Waals surface area contributed by atoms with Crippen molar-refractivity contribution < 1.29 is 9.53 Å². The molecular formula is C14H23N3O2. The summed E-state index contributed by atoms with van der Waals surface area (Å²) in [6.45, 7) is 1.43. The molecule has 0 atom stereocenters. The van der Waals surface area contributed by atoms with Crippen molar-refractivity contribution >= 4 is 5.91 Å². The maximum Gasteiger partial charge on any atom is 0.234 e. The van der Waals surface area contributed by atoms with Crippen LogP contribution in [0.4, 0.5) is 0 Å². The standard InChI is InChI=1S/C14H23N3O2/c1-15-16-14(18)8-5-9-19-13-7-4-6-12(10-13)11-17(2)3/h4,6-7,10,15H,5,8-9,11H2,1-3H3,(H,16,18). The molecule has 0 aliphatic carbocycles. The van der Waals surface area contributed by atoms with Crippen molar-refractivity contribution in [2.24, 2.45) is 0 Å². The number of carbonyl (C=O) groups excluding carboxylic acids is 1. The van der Waals surface area contributed by atoms with Crippen LogP contribution in [0.2, 0.25) is 0 Å². The lowest BCUT2D eigenvalue weighted by Gasteiger charge is -2.11. The number of nitrogens with one attached hydrogen (secondary N) is 2. The topological polar surface area (TPSA) is 53.6 Å². The second kappa shape index (κ2) is 8.50. The lowest BCUT2D eigenvalue weighted by atomic mass is 10.2. The number of hydrogen-bond donors (Lipinski definition) is 2. The number of hydrogen-bond acceptors (Lipinski definition) is 4. The molecule has 1 aromatic rings. The van der Waals surface area contributed by atoms with Gasteiger partial charge in [-0.2, -0.15) is 0 Å². The van der Waals surface area contributed by atoms with Crippen LogP contribution >= 0.6 is 0 Å². The smallest absolute Gasteiger partial charge is 0.234 e. The van der Waals surface area contributed by atoms with Crippen LogP contribution in [0.3, 0.4) is 0 Å². The SMILES string of the molecule is CNNC(=O)CCCOc1cccc(CN(C)C)c1. The zero-order valence-electron chi connectivity index (χ0n) is 11.9. The van der Waals surface area contributed by atoms with E-state index in [1.54, 1.807) is 7.05 Å². The molecule has 0 aromatic heterocycles. The van der Waals surface area contributed by atoms with Crippen LogP contribution in [0, 0.1) is 0 Å². The average Bonchev–Trinajstić information content (AvgIpc) is 2.35. The average molecular weight is 265 g/mol. The van der Waals surface area contributed by atoms with Gasteiger partial charge in [0, 0.05) is 20.0 Å². The summed E-state index contributed by atoms with van der Waals surface area (Å²) in [5, 5.41) is 0. The highest BCUT2D eigenvalue weighted by Crippen LogP contribution is 2.14. The van der Waals surface area contributed by atoms with E-state index in [0.717, 1.165) is 12.3 Å². The van der Waals surface area contributed by atoms with Crippen LogP contribution in [0.25, 0.3) is 0 Å². The van der Waals surface area contributed by atoms with E-state index in [1.165, 1.54) is 5.56 Å². The Kier molecular flexibility index (Phi) is 6.92. The van der Waals surface area contributed by atoms with Crippen LogP contribution in [0.15, 0.2) is 24.3 Å². The number of benzene rings is 1. The molecule has 0 aliphatic heterocycles. The van der Waals surface area contributed by atoms with E-state index in [9.17, 15) is 4.79 Å². The highest BCUT2D eigenvalue weighted by molar-refractivity contribution is 5.75. The summed E-state index contributed by atoms with van der Waals surface area (Å²) < 4.78 is 5.64. The summed E-state index contributed by atoms with van der Waals surface area (Å²) >= 11 is 0. The molecule has 0 bridgehead atoms. The summed E-state index contributed by atoms with van der Waals surface area (Å²) in [6.07, 6.45) is 1.16. The minimum Gasteiger partial charge on any atom is -0.494 e. The molecule has 0 radical (unpaired) electrons. The fraction of sp³-hybridized carbons (Fsp3) is 0.500. The van der Waals surface area contributed by atoms with Gasteiger partial charge in [0.2, 0.25) is 5.91 Å². The molecule has 1 aromatic carbocycles. The lowest BCUT2D eigenvalue weighted by molar-refractivity contribution is -0.122. The van der Waals surface area contributed by atoms with E-state index in [0.29, 0.717) is 19.4 Å². The van der Waals surface area contributed by atoms with E-state index in [-0.39, 0.29) is 5.91 Å². The summed E-state index contributed by atoms with van der Waals surface area (Å²) in [4.78, 5) is 13.3. The maximum absolute atomic E-state index is 11.2. The van der Waals surface area contributed by atoms with Crippen molar-refractivity contribution in [1.82, 2.24) is 15.8 Å². The number of hydrazine groups is 1. The molecule has 2 N–H and O–H groups in total. The van der Waals surface area contributed by atoms with Crippen LogP contribution in [-0.2, 0) is 11.3 Å². The first-order valence-corrected chi connectivity index (χ1v) is 6.44. The Morgan fingerprint density at radius 1 is 1.37 bits per heavy atom.